The summed E-state index contributed by atoms with van der Waals surface area (Å²) in [6.45, 7) is 1.85. The van der Waals surface area contributed by atoms with Crippen LogP contribution in [-0.2, 0) is 14.8 Å². The maximum absolute atomic E-state index is 12.7. The zero-order valence-electron chi connectivity index (χ0n) is 15.8. The van der Waals surface area contributed by atoms with Crippen molar-refractivity contribution in [2.24, 2.45) is 11.8 Å². The number of sulfonamides is 1. The van der Waals surface area contributed by atoms with E-state index in [0.717, 1.165) is 36.1 Å². The summed E-state index contributed by atoms with van der Waals surface area (Å²) in [5.74, 6) is 1.69. The number of fused-ring (bicyclic) bond motifs is 1. The van der Waals surface area contributed by atoms with Crippen LogP contribution in [0.5, 0.6) is 0 Å². The van der Waals surface area contributed by atoms with E-state index in [9.17, 15) is 8.42 Å². The van der Waals surface area contributed by atoms with Crippen LogP contribution in [0, 0.1) is 11.8 Å². The number of anilines is 1. The minimum Gasteiger partial charge on any atom is -0.384 e. The fourth-order valence-electron chi connectivity index (χ4n) is 4.29. The van der Waals surface area contributed by atoms with Crippen LogP contribution in [0.3, 0.4) is 0 Å². The predicted octanol–water partition coefficient (Wildman–Crippen LogP) is 1.47. The maximum atomic E-state index is 12.7. The van der Waals surface area contributed by atoms with E-state index in [2.05, 4.69) is 19.9 Å². The van der Waals surface area contributed by atoms with Gasteiger partial charge in [-0.3, -0.25) is 0 Å². The molecule has 1 saturated heterocycles. The molecule has 1 aliphatic carbocycles. The molecule has 1 N–H and O–H groups in total. The second kappa shape index (κ2) is 7.37. The lowest BCUT2D eigenvalue weighted by atomic mass is 9.81. The highest BCUT2D eigenvalue weighted by atomic mass is 32.2. The number of hydrogen-bond acceptors (Lipinski definition) is 6. The van der Waals surface area contributed by atoms with Crippen LogP contribution in [0.1, 0.15) is 19.3 Å². The summed E-state index contributed by atoms with van der Waals surface area (Å²) in [7, 11) is 0.513. The molecule has 27 heavy (non-hydrogen) atoms. The Kier molecular flexibility index (Phi) is 5.09. The van der Waals surface area contributed by atoms with Gasteiger partial charge in [-0.15, -0.1) is 0 Å². The molecule has 0 amide bonds. The van der Waals surface area contributed by atoms with Gasteiger partial charge in [-0.1, -0.05) is 0 Å². The zero-order chi connectivity index (χ0) is 19.0. The Morgan fingerprint density at radius 1 is 1.33 bits per heavy atom. The van der Waals surface area contributed by atoms with Crippen LogP contribution >= 0.6 is 0 Å². The molecule has 1 atom stereocenters. The first-order chi connectivity index (χ1) is 13.0. The van der Waals surface area contributed by atoms with Crippen molar-refractivity contribution >= 4 is 26.9 Å². The summed E-state index contributed by atoms with van der Waals surface area (Å²) >= 11 is 0. The highest BCUT2D eigenvalue weighted by Gasteiger charge is 2.39. The Bertz CT molecular complexity index is 893. The maximum Gasteiger partial charge on any atom is 0.214 e. The van der Waals surface area contributed by atoms with E-state index in [1.165, 1.54) is 0 Å². The normalized spacial score (nSPS) is 26.4. The van der Waals surface area contributed by atoms with Crippen molar-refractivity contribution in [1.29, 1.82) is 0 Å². The van der Waals surface area contributed by atoms with Crippen molar-refractivity contribution < 1.29 is 13.2 Å². The minimum absolute atomic E-state index is 0.215. The van der Waals surface area contributed by atoms with E-state index in [1.807, 2.05) is 19.3 Å². The first kappa shape index (κ1) is 18.6. The molecule has 148 valence electrons. The third-order valence-electron chi connectivity index (χ3n) is 5.92. The third-order valence-corrected chi connectivity index (χ3v) is 7.93. The Morgan fingerprint density at radius 3 is 2.93 bits per heavy atom. The van der Waals surface area contributed by atoms with E-state index in [4.69, 9.17) is 4.74 Å². The van der Waals surface area contributed by atoms with Gasteiger partial charge in [0.1, 0.15) is 17.8 Å². The number of nitrogens with one attached hydrogen (secondary N) is 1. The molecule has 4 rings (SSSR count). The van der Waals surface area contributed by atoms with E-state index in [0.29, 0.717) is 31.7 Å². The number of H-pyrrole nitrogens is 1. The van der Waals surface area contributed by atoms with Gasteiger partial charge in [0.2, 0.25) is 10.0 Å². The van der Waals surface area contributed by atoms with Gasteiger partial charge in [0, 0.05) is 39.5 Å². The lowest BCUT2D eigenvalue weighted by Gasteiger charge is -2.42. The fraction of sp³-hybridized carbons (Fsp3) is 0.667. The monoisotopic (exact) mass is 393 g/mol. The molecular formula is C18H27N5O3S. The summed E-state index contributed by atoms with van der Waals surface area (Å²) in [5, 5.41) is 0.998. The number of aromatic amines is 1. The minimum atomic E-state index is -3.18. The van der Waals surface area contributed by atoms with Crippen molar-refractivity contribution in [2.45, 2.75) is 25.3 Å². The standard InChI is InChI=1S/C18H27N5O3S/c1-22(18-16-3-5-19-17(16)20-12-21-18)15-7-14(8-15)11-27(24,25)23-6-4-13(9-23)10-26-2/h3,5,12-15H,4,6-11H2,1-2H3,(H,19,20,21). The molecule has 0 radical (unpaired) electrons. The second-order valence-corrected chi connectivity index (χ2v) is 9.80. The van der Waals surface area contributed by atoms with Crippen LogP contribution < -0.4 is 4.90 Å². The van der Waals surface area contributed by atoms with Gasteiger partial charge in [0.05, 0.1) is 17.7 Å². The molecule has 2 aromatic rings. The Hall–Kier alpha value is -1.71. The lowest BCUT2D eigenvalue weighted by Crippen LogP contribution is -2.46. The number of ether oxygens (including phenoxy) is 1. The molecule has 2 aliphatic rings. The van der Waals surface area contributed by atoms with Gasteiger partial charge in [0.25, 0.3) is 0 Å². The van der Waals surface area contributed by atoms with E-state index >= 15 is 0 Å². The third kappa shape index (κ3) is 3.68. The van der Waals surface area contributed by atoms with E-state index in [-0.39, 0.29) is 11.7 Å². The molecule has 0 aromatic carbocycles. The Balaban J connectivity index is 1.34. The number of aromatic nitrogens is 3. The molecule has 2 fully saturated rings. The highest BCUT2D eigenvalue weighted by Crippen LogP contribution is 2.36. The van der Waals surface area contributed by atoms with Gasteiger partial charge < -0.3 is 14.6 Å². The van der Waals surface area contributed by atoms with Crippen molar-refractivity contribution in [2.75, 3.05) is 44.5 Å². The van der Waals surface area contributed by atoms with Gasteiger partial charge >= 0.3 is 0 Å². The Morgan fingerprint density at radius 2 is 2.15 bits per heavy atom. The van der Waals surface area contributed by atoms with Crippen molar-refractivity contribution in [3.05, 3.63) is 18.6 Å². The van der Waals surface area contributed by atoms with Gasteiger partial charge in [-0.25, -0.2) is 22.7 Å². The topological polar surface area (TPSA) is 91.4 Å². The van der Waals surface area contributed by atoms with Gasteiger partial charge in [-0.2, -0.15) is 0 Å². The SMILES string of the molecule is COCC1CCN(S(=O)(=O)CC2CC(N(C)c3ncnc4[nH]ccc34)C2)C1. The molecule has 9 heteroatoms. The molecule has 8 nitrogen and oxygen atoms in total. The van der Waals surface area contributed by atoms with Crippen molar-refractivity contribution in [1.82, 2.24) is 19.3 Å². The average Bonchev–Trinajstić information content (AvgIpc) is 3.26. The first-order valence-electron chi connectivity index (χ1n) is 9.45. The highest BCUT2D eigenvalue weighted by molar-refractivity contribution is 7.89. The summed E-state index contributed by atoms with van der Waals surface area (Å²) in [5.41, 5.74) is 0.824. The molecule has 2 aromatic heterocycles. The molecule has 1 unspecified atom stereocenters. The summed E-state index contributed by atoms with van der Waals surface area (Å²) in [6, 6.07) is 2.30. The van der Waals surface area contributed by atoms with E-state index in [1.54, 1.807) is 17.7 Å². The summed E-state index contributed by atoms with van der Waals surface area (Å²) in [4.78, 5) is 13.9. The van der Waals surface area contributed by atoms with Crippen LogP contribution in [0.15, 0.2) is 18.6 Å². The van der Waals surface area contributed by atoms with Crippen LogP contribution in [0.25, 0.3) is 11.0 Å². The predicted molar refractivity (Wildman–Crippen MR) is 104 cm³/mol. The van der Waals surface area contributed by atoms with Crippen LogP contribution in [0.2, 0.25) is 0 Å². The van der Waals surface area contributed by atoms with Gasteiger partial charge in [0.15, 0.2) is 0 Å². The number of nitrogens with zero attached hydrogens (tertiary/aromatic N) is 4. The van der Waals surface area contributed by atoms with Crippen LogP contribution in [0.4, 0.5) is 5.82 Å². The number of rotatable bonds is 7. The Labute approximate surface area is 160 Å². The quantitative estimate of drug-likeness (QED) is 0.766. The molecule has 0 spiro atoms. The summed E-state index contributed by atoms with van der Waals surface area (Å²) < 4.78 is 32.3. The molecular weight excluding hydrogens is 366 g/mol. The van der Waals surface area contributed by atoms with Crippen LogP contribution in [-0.4, -0.2) is 73.3 Å². The van der Waals surface area contributed by atoms with Gasteiger partial charge in [-0.05, 0) is 37.2 Å². The largest absolute Gasteiger partial charge is 0.384 e. The van der Waals surface area contributed by atoms with E-state index < -0.39 is 10.0 Å². The smallest absolute Gasteiger partial charge is 0.214 e. The molecule has 1 aliphatic heterocycles. The zero-order valence-corrected chi connectivity index (χ0v) is 16.7. The van der Waals surface area contributed by atoms with Crippen molar-refractivity contribution in [3.8, 4) is 0 Å². The second-order valence-electron chi connectivity index (χ2n) is 7.79. The van der Waals surface area contributed by atoms with Crippen molar-refractivity contribution in [3.63, 3.8) is 0 Å². The lowest BCUT2D eigenvalue weighted by molar-refractivity contribution is 0.157. The average molecular weight is 394 g/mol. The molecule has 1 saturated carbocycles. The fourth-order valence-corrected chi connectivity index (χ4v) is 6.19. The first-order valence-corrected chi connectivity index (χ1v) is 11.1. The molecule has 0 bridgehead atoms. The summed E-state index contributed by atoms with van der Waals surface area (Å²) in [6.07, 6.45) is 6.07. The molecule has 3 heterocycles. The number of hydrogen-bond donors (Lipinski definition) is 1. The number of methoxy groups -OCH3 is 1.